The summed E-state index contributed by atoms with van der Waals surface area (Å²) in [5.41, 5.74) is 17.9. The van der Waals surface area contributed by atoms with Gasteiger partial charge in [-0.3, -0.25) is 0 Å². The van der Waals surface area contributed by atoms with E-state index >= 15 is 0 Å². The van der Waals surface area contributed by atoms with E-state index in [0.29, 0.717) is 0 Å². The van der Waals surface area contributed by atoms with Gasteiger partial charge in [0, 0.05) is 50.0 Å². The number of aryl methyl sites for hydroxylation is 2. The van der Waals surface area contributed by atoms with Gasteiger partial charge in [0.05, 0.1) is 22.1 Å². The van der Waals surface area contributed by atoms with E-state index in [9.17, 15) is 0 Å². The molecule has 0 atom stereocenters. The summed E-state index contributed by atoms with van der Waals surface area (Å²) in [5, 5.41) is 5.02. The van der Waals surface area contributed by atoms with Crippen molar-refractivity contribution < 1.29 is 0 Å². The zero-order valence-corrected chi connectivity index (χ0v) is 33.0. The third-order valence-corrected chi connectivity index (χ3v) is 11.9. The summed E-state index contributed by atoms with van der Waals surface area (Å²) in [6.45, 7) is 4.45. The van der Waals surface area contributed by atoms with E-state index in [0.717, 1.165) is 11.4 Å². The predicted molar refractivity (Wildman–Crippen MR) is 250 cm³/mol. The van der Waals surface area contributed by atoms with Crippen LogP contribution in [0.1, 0.15) is 11.1 Å². The Hall–Kier alpha value is -7.62. The summed E-state index contributed by atoms with van der Waals surface area (Å²) in [7, 11) is 0. The van der Waals surface area contributed by atoms with Gasteiger partial charge in [0.25, 0.3) is 0 Å². The number of para-hydroxylation sites is 5. The molecule has 3 nitrogen and oxygen atoms in total. The van der Waals surface area contributed by atoms with Crippen LogP contribution < -0.4 is 4.90 Å². The van der Waals surface area contributed by atoms with E-state index in [1.165, 1.54) is 94.1 Å². The van der Waals surface area contributed by atoms with Crippen LogP contribution in [0, 0.1) is 13.8 Å². The SMILES string of the molecule is Cc1cc(-c2ccc(-n3c4ccccc4c4cc(-c5ccc6c(c5)c5ccccc5n6-c5ccccc5)ccc43)c(C)c2)ccc1N(c1ccccc1)c1ccccc1. The van der Waals surface area contributed by atoms with Gasteiger partial charge < -0.3 is 14.0 Å². The molecule has 3 heteroatoms. The third-order valence-electron chi connectivity index (χ3n) is 11.9. The lowest BCUT2D eigenvalue weighted by atomic mass is 9.99. The number of anilines is 3. The highest BCUT2D eigenvalue weighted by molar-refractivity contribution is 6.12. The second-order valence-corrected chi connectivity index (χ2v) is 15.5. The Bertz CT molecular complexity index is 3300. The molecule has 0 aliphatic carbocycles. The second kappa shape index (κ2) is 14.1. The topological polar surface area (TPSA) is 13.1 Å². The second-order valence-electron chi connectivity index (χ2n) is 15.5. The molecule has 0 N–H and O–H groups in total. The number of fused-ring (bicyclic) bond motifs is 6. The van der Waals surface area contributed by atoms with E-state index in [2.05, 4.69) is 240 Å². The average Bonchev–Trinajstić information content (AvgIpc) is 3.80. The zero-order valence-electron chi connectivity index (χ0n) is 33.0. The number of rotatable bonds is 7. The maximum atomic E-state index is 2.44. The molecule has 0 bridgehead atoms. The molecule has 0 spiro atoms. The fourth-order valence-electron chi connectivity index (χ4n) is 9.17. The number of hydrogen-bond donors (Lipinski definition) is 0. The Kier molecular flexibility index (Phi) is 8.27. The number of benzene rings is 9. The summed E-state index contributed by atoms with van der Waals surface area (Å²) < 4.78 is 4.82. The van der Waals surface area contributed by atoms with Gasteiger partial charge in [-0.1, -0.05) is 115 Å². The Balaban J connectivity index is 0.976. The van der Waals surface area contributed by atoms with E-state index in [4.69, 9.17) is 0 Å². The van der Waals surface area contributed by atoms with Crippen molar-refractivity contribution in [3.8, 4) is 33.6 Å². The van der Waals surface area contributed by atoms with Crippen LogP contribution >= 0.6 is 0 Å². The van der Waals surface area contributed by atoms with Gasteiger partial charge in [-0.15, -0.1) is 0 Å². The van der Waals surface area contributed by atoms with Gasteiger partial charge in [0.2, 0.25) is 0 Å². The summed E-state index contributed by atoms with van der Waals surface area (Å²) in [6.07, 6.45) is 0. The fraction of sp³-hybridized carbons (Fsp3) is 0.0357. The molecule has 0 radical (unpaired) electrons. The van der Waals surface area contributed by atoms with Gasteiger partial charge in [0.15, 0.2) is 0 Å². The molecule has 2 aromatic heterocycles. The van der Waals surface area contributed by atoms with Gasteiger partial charge in [-0.25, -0.2) is 0 Å². The standard InChI is InChI=1S/C56H41N3/c1-38-34-40(26-30-51(38)57(44-16-6-3-7-17-44)45-18-8-4-9-19-45)41-27-31-52(39(2)35-41)59-54-25-15-13-23-48(54)50-37-43(29-33-56(50)59)42-28-32-55-49(36-42)47-22-12-14-24-53(47)58(55)46-20-10-5-11-21-46/h3-37H,1-2H3. The Morgan fingerprint density at radius 1 is 0.322 bits per heavy atom. The lowest BCUT2D eigenvalue weighted by Gasteiger charge is -2.27. The first-order chi connectivity index (χ1) is 29.1. The lowest BCUT2D eigenvalue weighted by molar-refractivity contribution is 1.15. The molecular formula is C56H41N3. The molecule has 0 saturated heterocycles. The molecule has 0 saturated carbocycles. The molecule has 0 fully saturated rings. The van der Waals surface area contributed by atoms with Gasteiger partial charge in [0.1, 0.15) is 0 Å². The quantitative estimate of drug-likeness (QED) is 0.158. The Morgan fingerprint density at radius 2 is 0.746 bits per heavy atom. The van der Waals surface area contributed by atoms with Crippen LogP contribution in [-0.2, 0) is 0 Å². The molecule has 280 valence electrons. The minimum atomic E-state index is 1.14. The van der Waals surface area contributed by atoms with Crippen LogP contribution in [0.3, 0.4) is 0 Å². The Morgan fingerprint density at radius 3 is 1.31 bits per heavy atom. The maximum absolute atomic E-state index is 2.44. The first-order valence-corrected chi connectivity index (χ1v) is 20.4. The molecule has 11 rings (SSSR count). The minimum absolute atomic E-state index is 1.14. The molecule has 0 aliphatic rings. The third kappa shape index (κ3) is 5.82. The maximum Gasteiger partial charge on any atom is 0.0541 e. The van der Waals surface area contributed by atoms with Crippen molar-refractivity contribution in [2.24, 2.45) is 0 Å². The molecule has 59 heavy (non-hydrogen) atoms. The van der Waals surface area contributed by atoms with Gasteiger partial charge in [-0.05, 0) is 144 Å². The van der Waals surface area contributed by atoms with Crippen molar-refractivity contribution in [2.45, 2.75) is 13.8 Å². The van der Waals surface area contributed by atoms with Gasteiger partial charge in [-0.2, -0.15) is 0 Å². The highest BCUT2D eigenvalue weighted by Gasteiger charge is 2.18. The number of hydrogen-bond acceptors (Lipinski definition) is 1. The summed E-state index contributed by atoms with van der Waals surface area (Å²) in [6, 6.07) is 77.1. The normalized spacial score (nSPS) is 11.6. The van der Waals surface area contributed by atoms with E-state index < -0.39 is 0 Å². The average molecular weight is 756 g/mol. The zero-order chi connectivity index (χ0) is 39.5. The molecule has 0 aliphatic heterocycles. The fourth-order valence-corrected chi connectivity index (χ4v) is 9.17. The molecule has 2 heterocycles. The van der Waals surface area contributed by atoms with Crippen molar-refractivity contribution in [3.05, 3.63) is 223 Å². The van der Waals surface area contributed by atoms with Crippen LogP contribution in [0.5, 0.6) is 0 Å². The predicted octanol–water partition coefficient (Wildman–Crippen LogP) is 15.3. The monoisotopic (exact) mass is 755 g/mol. The van der Waals surface area contributed by atoms with E-state index in [-0.39, 0.29) is 0 Å². The first kappa shape index (κ1) is 34.6. The van der Waals surface area contributed by atoms with Crippen LogP contribution in [-0.4, -0.2) is 9.13 Å². The molecule has 0 amide bonds. The van der Waals surface area contributed by atoms with Crippen LogP contribution in [0.4, 0.5) is 17.1 Å². The van der Waals surface area contributed by atoms with Crippen molar-refractivity contribution in [2.75, 3.05) is 4.90 Å². The van der Waals surface area contributed by atoms with Crippen LogP contribution in [0.25, 0.3) is 77.2 Å². The van der Waals surface area contributed by atoms with E-state index in [1.54, 1.807) is 0 Å². The molecule has 11 aromatic rings. The van der Waals surface area contributed by atoms with Gasteiger partial charge >= 0.3 is 0 Å². The smallest absolute Gasteiger partial charge is 0.0541 e. The van der Waals surface area contributed by atoms with Crippen LogP contribution in [0.15, 0.2) is 212 Å². The molecule has 9 aromatic carbocycles. The lowest BCUT2D eigenvalue weighted by Crippen LogP contribution is -2.11. The van der Waals surface area contributed by atoms with Crippen LogP contribution in [0.2, 0.25) is 0 Å². The first-order valence-electron chi connectivity index (χ1n) is 20.4. The van der Waals surface area contributed by atoms with Crippen molar-refractivity contribution >= 4 is 60.7 Å². The molecular weight excluding hydrogens is 715 g/mol. The summed E-state index contributed by atoms with van der Waals surface area (Å²) >= 11 is 0. The van der Waals surface area contributed by atoms with Crippen molar-refractivity contribution in [3.63, 3.8) is 0 Å². The van der Waals surface area contributed by atoms with Crippen molar-refractivity contribution in [1.82, 2.24) is 9.13 Å². The minimum Gasteiger partial charge on any atom is -0.310 e. The largest absolute Gasteiger partial charge is 0.310 e. The highest BCUT2D eigenvalue weighted by atomic mass is 15.1. The summed E-state index contributed by atoms with van der Waals surface area (Å²) in [4.78, 5) is 2.34. The molecule has 0 unspecified atom stereocenters. The van der Waals surface area contributed by atoms with E-state index in [1.807, 2.05) is 0 Å². The highest BCUT2D eigenvalue weighted by Crippen LogP contribution is 2.41. The summed E-state index contributed by atoms with van der Waals surface area (Å²) in [5.74, 6) is 0. The van der Waals surface area contributed by atoms with Crippen molar-refractivity contribution in [1.29, 1.82) is 0 Å². The number of nitrogens with zero attached hydrogens (tertiary/aromatic N) is 3. The Labute approximate surface area is 344 Å². The number of aromatic nitrogens is 2.